The van der Waals surface area contributed by atoms with Crippen LogP contribution in [0.1, 0.15) is 39.2 Å². The molecule has 1 amide bonds. The van der Waals surface area contributed by atoms with E-state index in [-0.39, 0.29) is 5.91 Å². The first-order valence-corrected chi connectivity index (χ1v) is 11.3. The Morgan fingerprint density at radius 2 is 2.03 bits per heavy atom. The second-order valence-electron chi connectivity index (χ2n) is 8.51. The zero-order chi connectivity index (χ0) is 22.7. The normalized spacial score (nSPS) is 16.9. The van der Waals surface area contributed by atoms with Crippen molar-refractivity contribution >= 4 is 22.4 Å². The lowest BCUT2D eigenvalue weighted by atomic mass is 9.98. The molecule has 1 aliphatic rings. The van der Waals surface area contributed by atoms with Crippen molar-refractivity contribution in [2.75, 3.05) is 26.8 Å². The fourth-order valence-electron chi connectivity index (χ4n) is 4.40. The van der Waals surface area contributed by atoms with E-state index in [9.17, 15) is 4.79 Å². The van der Waals surface area contributed by atoms with Crippen LogP contribution in [0, 0.1) is 5.92 Å². The van der Waals surface area contributed by atoms with Crippen molar-refractivity contribution in [1.82, 2.24) is 4.90 Å². The van der Waals surface area contributed by atoms with E-state index >= 15 is 0 Å². The summed E-state index contributed by atoms with van der Waals surface area (Å²) in [6.45, 7) is 8.42. The number of piperidine rings is 1. The van der Waals surface area contributed by atoms with Crippen LogP contribution in [0.25, 0.3) is 27.7 Å². The van der Waals surface area contributed by atoms with Crippen molar-refractivity contribution in [2.45, 2.75) is 33.6 Å². The van der Waals surface area contributed by atoms with Crippen molar-refractivity contribution in [3.8, 4) is 22.6 Å². The molecule has 4 rings (SSSR count). The van der Waals surface area contributed by atoms with E-state index in [0.29, 0.717) is 18.3 Å². The average Bonchev–Trinajstić information content (AvgIpc) is 3.21. The highest BCUT2D eigenvalue weighted by Gasteiger charge is 2.21. The first-order valence-electron chi connectivity index (χ1n) is 11.3. The van der Waals surface area contributed by atoms with Gasteiger partial charge in [-0.15, -0.1) is 0 Å². The molecule has 1 atom stereocenters. The third-order valence-corrected chi connectivity index (χ3v) is 6.11. The number of rotatable bonds is 6. The maximum Gasteiger partial charge on any atom is 0.246 e. The van der Waals surface area contributed by atoms with Crippen LogP contribution < -0.4 is 9.47 Å². The van der Waals surface area contributed by atoms with Gasteiger partial charge in [-0.1, -0.05) is 19.1 Å². The number of hydrogen-bond acceptors (Lipinski definition) is 4. The summed E-state index contributed by atoms with van der Waals surface area (Å²) in [5, 5.41) is 0.983. The minimum absolute atomic E-state index is 0.0649. The summed E-state index contributed by atoms with van der Waals surface area (Å²) in [6, 6.07) is 11.9. The van der Waals surface area contributed by atoms with Gasteiger partial charge in [0.2, 0.25) is 5.91 Å². The standard InChI is InChI=1S/C27H31NO4/c1-5-31-21-10-8-20(9-11-21)24-17-32-26-15-25(30-4)22(14-23(24)26)19(3)13-27(29)28-12-6-7-18(2)16-28/h8-11,13-15,17-18H,5-7,12,16H2,1-4H3/b19-13+. The molecular weight excluding hydrogens is 402 g/mol. The van der Waals surface area contributed by atoms with Crippen LogP contribution in [0.5, 0.6) is 11.5 Å². The summed E-state index contributed by atoms with van der Waals surface area (Å²) in [6.07, 6.45) is 5.75. The molecule has 5 heteroatoms. The van der Waals surface area contributed by atoms with E-state index in [2.05, 4.69) is 13.0 Å². The number of ether oxygens (including phenoxy) is 2. The lowest BCUT2D eigenvalue weighted by Crippen LogP contribution is -2.38. The molecule has 0 aliphatic carbocycles. The number of carbonyl (C=O) groups excluding carboxylic acids is 1. The molecule has 1 aliphatic heterocycles. The van der Waals surface area contributed by atoms with E-state index in [0.717, 1.165) is 58.5 Å². The maximum atomic E-state index is 12.9. The third-order valence-electron chi connectivity index (χ3n) is 6.11. The summed E-state index contributed by atoms with van der Waals surface area (Å²) < 4.78 is 17.0. The molecule has 168 valence electrons. The fraction of sp³-hybridized carbons (Fsp3) is 0.370. The minimum atomic E-state index is 0.0649. The molecule has 2 heterocycles. The Morgan fingerprint density at radius 1 is 1.25 bits per heavy atom. The van der Waals surface area contributed by atoms with E-state index in [4.69, 9.17) is 13.9 Å². The van der Waals surface area contributed by atoms with E-state index in [1.54, 1.807) is 19.4 Å². The molecule has 0 saturated carbocycles. The van der Waals surface area contributed by atoms with Crippen LogP contribution in [0.3, 0.4) is 0 Å². The van der Waals surface area contributed by atoms with Crippen LogP contribution in [-0.4, -0.2) is 37.6 Å². The van der Waals surface area contributed by atoms with Gasteiger partial charge >= 0.3 is 0 Å². The lowest BCUT2D eigenvalue weighted by Gasteiger charge is -2.30. The summed E-state index contributed by atoms with van der Waals surface area (Å²) in [5.41, 5.74) is 4.57. The maximum absolute atomic E-state index is 12.9. The van der Waals surface area contributed by atoms with Crippen LogP contribution in [-0.2, 0) is 4.79 Å². The summed E-state index contributed by atoms with van der Waals surface area (Å²) in [5.74, 6) is 2.15. The van der Waals surface area contributed by atoms with E-state index < -0.39 is 0 Å². The number of furan rings is 1. The highest BCUT2D eigenvalue weighted by atomic mass is 16.5. The van der Waals surface area contributed by atoms with Gasteiger partial charge in [-0.25, -0.2) is 0 Å². The second kappa shape index (κ2) is 9.51. The van der Waals surface area contributed by atoms with Crippen molar-refractivity contribution in [2.24, 2.45) is 5.92 Å². The number of carbonyl (C=O) groups is 1. The monoisotopic (exact) mass is 433 g/mol. The summed E-state index contributed by atoms with van der Waals surface area (Å²) in [7, 11) is 1.64. The van der Waals surface area contributed by atoms with Crippen LogP contribution in [0.2, 0.25) is 0 Å². The van der Waals surface area contributed by atoms with Gasteiger partial charge in [0.1, 0.15) is 17.1 Å². The topological polar surface area (TPSA) is 51.9 Å². The van der Waals surface area contributed by atoms with Gasteiger partial charge < -0.3 is 18.8 Å². The van der Waals surface area contributed by atoms with Gasteiger partial charge in [0.15, 0.2) is 0 Å². The van der Waals surface area contributed by atoms with Gasteiger partial charge in [0, 0.05) is 41.7 Å². The number of fused-ring (bicyclic) bond motifs is 1. The first-order chi connectivity index (χ1) is 15.5. The fourth-order valence-corrected chi connectivity index (χ4v) is 4.40. The Labute approximate surface area is 189 Å². The molecule has 0 bridgehead atoms. The minimum Gasteiger partial charge on any atom is -0.496 e. The first kappa shape index (κ1) is 22.0. The zero-order valence-electron chi connectivity index (χ0n) is 19.3. The van der Waals surface area contributed by atoms with Gasteiger partial charge in [-0.05, 0) is 61.9 Å². The zero-order valence-corrected chi connectivity index (χ0v) is 19.3. The van der Waals surface area contributed by atoms with Crippen molar-refractivity contribution < 1.29 is 18.7 Å². The second-order valence-corrected chi connectivity index (χ2v) is 8.51. The predicted molar refractivity (Wildman–Crippen MR) is 128 cm³/mol. The largest absolute Gasteiger partial charge is 0.496 e. The van der Waals surface area contributed by atoms with Gasteiger partial charge in [0.25, 0.3) is 0 Å². The third kappa shape index (κ3) is 4.52. The molecule has 0 N–H and O–H groups in total. The number of nitrogens with zero attached hydrogens (tertiary/aromatic N) is 1. The predicted octanol–water partition coefficient (Wildman–Crippen LogP) is 6.17. The smallest absolute Gasteiger partial charge is 0.246 e. The molecule has 0 spiro atoms. The molecule has 1 aromatic heterocycles. The highest BCUT2D eigenvalue weighted by Crippen LogP contribution is 2.38. The Hall–Kier alpha value is -3.21. The number of amides is 1. The molecule has 1 unspecified atom stereocenters. The van der Waals surface area contributed by atoms with E-state index in [1.807, 2.05) is 49.1 Å². The Balaban J connectivity index is 1.69. The number of methoxy groups -OCH3 is 1. The number of benzene rings is 2. The Kier molecular flexibility index (Phi) is 6.54. The number of likely N-dealkylation sites (tertiary alicyclic amines) is 1. The van der Waals surface area contributed by atoms with Crippen LogP contribution in [0.4, 0.5) is 0 Å². The average molecular weight is 434 g/mol. The number of allylic oxidation sites excluding steroid dienone is 1. The highest BCUT2D eigenvalue weighted by molar-refractivity contribution is 6.00. The summed E-state index contributed by atoms with van der Waals surface area (Å²) in [4.78, 5) is 14.8. The van der Waals surface area contributed by atoms with Gasteiger partial charge in [-0.3, -0.25) is 4.79 Å². The van der Waals surface area contributed by atoms with Gasteiger partial charge in [0.05, 0.1) is 20.0 Å². The van der Waals surface area contributed by atoms with Crippen molar-refractivity contribution in [1.29, 1.82) is 0 Å². The van der Waals surface area contributed by atoms with Crippen LogP contribution >= 0.6 is 0 Å². The molecule has 0 radical (unpaired) electrons. The molecular formula is C27H31NO4. The SMILES string of the molecule is CCOc1ccc(-c2coc3cc(OC)c(/C(C)=C/C(=O)N4CCCC(C)C4)cc23)cc1. The molecule has 32 heavy (non-hydrogen) atoms. The van der Waals surface area contributed by atoms with E-state index in [1.165, 1.54) is 6.42 Å². The molecule has 5 nitrogen and oxygen atoms in total. The molecule has 1 saturated heterocycles. The van der Waals surface area contributed by atoms with Gasteiger partial charge in [-0.2, -0.15) is 0 Å². The lowest BCUT2D eigenvalue weighted by molar-refractivity contribution is -0.127. The summed E-state index contributed by atoms with van der Waals surface area (Å²) >= 11 is 0. The van der Waals surface area contributed by atoms with Crippen molar-refractivity contribution in [3.63, 3.8) is 0 Å². The quantitative estimate of drug-likeness (QED) is 0.436. The molecule has 3 aromatic rings. The molecule has 2 aromatic carbocycles. The Bertz CT molecular complexity index is 1130. The Morgan fingerprint density at radius 3 is 2.72 bits per heavy atom. The van der Waals surface area contributed by atoms with Crippen molar-refractivity contribution in [3.05, 3.63) is 54.3 Å². The van der Waals surface area contributed by atoms with Crippen LogP contribution in [0.15, 0.2) is 53.2 Å². The molecule has 1 fully saturated rings. The number of hydrogen-bond donors (Lipinski definition) is 0.